The van der Waals surface area contributed by atoms with E-state index in [2.05, 4.69) is 0 Å². The second-order valence-corrected chi connectivity index (χ2v) is 0.671. The number of hydrogen-bond acceptors (Lipinski definition) is 9. The summed E-state index contributed by atoms with van der Waals surface area (Å²) < 4.78 is 0. The fourth-order valence-electron chi connectivity index (χ4n) is 0. The van der Waals surface area contributed by atoms with Gasteiger partial charge in [-0.25, -0.2) is 0 Å². The Kier molecular flexibility index (Phi) is 47.3. The zero-order valence-corrected chi connectivity index (χ0v) is 9.35. The van der Waals surface area contributed by atoms with Crippen LogP contribution in [-0.2, 0) is 0 Å². The summed E-state index contributed by atoms with van der Waals surface area (Å²) in [5.74, 6) is 0. The molecule has 0 aromatic heterocycles. The Balaban J connectivity index is -0.0000000270. The normalized spacial score (nSPS) is 5.14. The van der Waals surface area contributed by atoms with Crippen LogP contribution in [0.4, 0.5) is 4.70 Å². The maximum absolute atomic E-state index is 8.25. The Morgan fingerprint density at radius 2 is 0.571 bits per heavy atom. The first-order valence-corrected chi connectivity index (χ1v) is 1.64. The van der Waals surface area contributed by atoms with Gasteiger partial charge in [0.1, 0.15) is 0 Å². The maximum atomic E-state index is 8.25. The Bertz CT molecular complexity index is 118. The van der Waals surface area contributed by atoms with E-state index in [1.807, 2.05) is 0 Å². The van der Waals surface area contributed by atoms with Crippen LogP contribution in [0.3, 0.4) is 0 Å². The van der Waals surface area contributed by atoms with Gasteiger partial charge in [0, 0.05) is 0 Å². The molecule has 0 N–H and O–H groups in total. The van der Waals surface area contributed by atoms with Crippen molar-refractivity contribution in [3.05, 3.63) is 46.0 Å². The molecule has 0 aliphatic heterocycles. The fraction of sp³-hybridized carbons (Fsp3) is 0. The van der Waals surface area contributed by atoms with Crippen LogP contribution in [0.5, 0.6) is 0 Å². The summed E-state index contributed by atoms with van der Waals surface area (Å²) in [4.78, 5) is 24.8. The predicted molar refractivity (Wildman–Crippen MR) is 39.3 cm³/mol. The van der Waals surface area contributed by atoms with E-state index in [4.69, 9.17) is 46.0 Å². The Labute approximate surface area is 92.6 Å². The average Bonchev–Trinajstić information content (AvgIpc) is 1.54. The van der Waals surface area contributed by atoms with E-state index in [0.717, 1.165) is 0 Å². The monoisotopic (exact) mass is 415 g/mol. The first-order chi connectivity index (χ1) is 5.20. The van der Waals surface area contributed by atoms with Gasteiger partial charge in [-0.15, -0.1) is 0 Å². The van der Waals surface area contributed by atoms with E-state index in [0.29, 0.717) is 0 Å². The molecule has 0 bridgehead atoms. The second-order valence-electron chi connectivity index (χ2n) is 0.671. The van der Waals surface area contributed by atoms with Crippen molar-refractivity contribution in [2.24, 2.45) is 0 Å². The largest absolute Gasteiger partial charge is 3.00 e. The van der Waals surface area contributed by atoms with Crippen molar-refractivity contribution >= 4 is 26.2 Å². The first kappa shape index (κ1) is 29.4. The third kappa shape index (κ3) is 366. The van der Waals surface area contributed by atoms with Gasteiger partial charge < -0.3 is 46.0 Å². The van der Waals surface area contributed by atoms with Crippen molar-refractivity contribution in [2.45, 2.75) is 0 Å². The first-order valence-electron chi connectivity index (χ1n) is 1.64. The molecule has 0 spiro atoms. The molecule has 14 heteroatoms. The van der Waals surface area contributed by atoms with Crippen molar-refractivity contribution in [1.82, 2.24) is 0 Å². The minimum atomic E-state index is -1.75. The number of rotatable bonds is 0. The summed E-state index contributed by atoms with van der Waals surface area (Å²) in [6.07, 6.45) is 0. The second kappa shape index (κ2) is 22.5. The number of nitrogens with zero attached hydrogens (tertiary/aromatic N) is 3. The zero-order chi connectivity index (χ0) is 10.7. The van der Waals surface area contributed by atoms with Crippen molar-refractivity contribution in [3.8, 4) is 0 Å². The van der Waals surface area contributed by atoms with Gasteiger partial charge in [0.05, 0.1) is 15.3 Å². The van der Waals surface area contributed by atoms with E-state index >= 15 is 0 Å². The van der Waals surface area contributed by atoms with Gasteiger partial charge in [-0.1, -0.05) is 0 Å². The minimum Gasteiger partial charge on any atom is -0.356 e. The van der Waals surface area contributed by atoms with Crippen LogP contribution in [0.25, 0.3) is 0 Å². The van der Waals surface area contributed by atoms with Gasteiger partial charge in [0.15, 0.2) is 0 Å². The molecule has 82 valence electrons. The average molecular weight is 415 g/mol. The van der Waals surface area contributed by atoms with Gasteiger partial charge in [0.2, 0.25) is 0 Å². The van der Waals surface area contributed by atoms with Gasteiger partial charge >= 0.3 is 26.2 Å². The molecular weight excluding hydrogens is 414 g/mol. The molecule has 12 nitrogen and oxygen atoms in total. The quantitative estimate of drug-likeness (QED) is 0.272. The molecule has 0 heterocycles. The van der Waals surface area contributed by atoms with E-state index < -0.39 is 15.3 Å². The molecular formula is HBiFN3O9. The maximum Gasteiger partial charge on any atom is 3.00 e. The fourth-order valence-corrected chi connectivity index (χ4v) is 0. The predicted octanol–water partition coefficient (Wildman–Crippen LogP) is -0.946. The number of hydrogen-bond donors (Lipinski definition) is 0. The van der Waals surface area contributed by atoms with Crippen molar-refractivity contribution in [3.63, 3.8) is 0 Å². The Hall–Kier alpha value is -1.59. The van der Waals surface area contributed by atoms with E-state index in [-0.39, 0.29) is 30.9 Å². The summed E-state index contributed by atoms with van der Waals surface area (Å²) >= 11 is 0. The van der Waals surface area contributed by atoms with Crippen LogP contribution < -0.4 is 0 Å². The van der Waals surface area contributed by atoms with Crippen molar-refractivity contribution in [2.75, 3.05) is 0 Å². The van der Waals surface area contributed by atoms with Crippen LogP contribution in [0.15, 0.2) is 0 Å². The van der Waals surface area contributed by atoms with E-state index in [1.165, 1.54) is 0 Å². The molecule has 14 heavy (non-hydrogen) atoms. The molecule has 0 saturated heterocycles. The standard InChI is InChI=1S/Bi.FH.3NO3/c;;3*2-1(3)4/h;1H;;;/q+3;;3*-1. The smallest absolute Gasteiger partial charge is 0.356 e. The van der Waals surface area contributed by atoms with Gasteiger partial charge in [-0.05, 0) is 0 Å². The summed E-state index contributed by atoms with van der Waals surface area (Å²) in [7, 11) is 0. The molecule has 0 aliphatic rings. The van der Waals surface area contributed by atoms with Gasteiger partial charge in [-0.2, -0.15) is 0 Å². The zero-order valence-electron chi connectivity index (χ0n) is 5.87. The molecule has 0 atom stereocenters. The van der Waals surface area contributed by atoms with Crippen molar-refractivity contribution < 1.29 is 20.0 Å². The van der Waals surface area contributed by atoms with Crippen molar-refractivity contribution in [1.29, 1.82) is 0 Å². The Morgan fingerprint density at radius 3 is 0.571 bits per heavy atom. The summed E-state index contributed by atoms with van der Waals surface area (Å²) in [6, 6.07) is 0. The molecule has 0 amide bonds. The third-order valence-electron chi connectivity index (χ3n) is 0. The molecule has 0 aliphatic carbocycles. The molecule has 2 radical (unpaired) electrons. The van der Waals surface area contributed by atoms with Crippen LogP contribution >= 0.6 is 0 Å². The molecule has 0 fully saturated rings. The van der Waals surface area contributed by atoms with Gasteiger partial charge in [-0.3, -0.25) is 4.70 Å². The molecule has 0 aromatic rings. The Morgan fingerprint density at radius 1 is 0.571 bits per heavy atom. The molecule has 0 rings (SSSR count). The summed E-state index contributed by atoms with van der Waals surface area (Å²) in [6.45, 7) is 0. The van der Waals surface area contributed by atoms with E-state index in [9.17, 15) is 0 Å². The SMILES string of the molecule is F.O=[N+]([O-])[O-].O=[N+]([O-])[O-].O=[N+]([O-])[O-].[Bi+3]. The minimum absolute atomic E-state index is 0. The van der Waals surface area contributed by atoms with Crippen LogP contribution in [0.2, 0.25) is 0 Å². The van der Waals surface area contributed by atoms with E-state index in [1.54, 1.807) is 0 Å². The van der Waals surface area contributed by atoms with Crippen LogP contribution in [0, 0.1) is 46.0 Å². The third-order valence-corrected chi connectivity index (χ3v) is 0. The number of halogens is 1. The molecule has 0 unspecified atom stereocenters. The van der Waals surface area contributed by atoms with Crippen LogP contribution in [0.1, 0.15) is 0 Å². The van der Waals surface area contributed by atoms with Gasteiger partial charge in [0.25, 0.3) is 0 Å². The molecule has 0 aromatic carbocycles. The topological polar surface area (TPSA) is 199 Å². The summed E-state index contributed by atoms with van der Waals surface area (Å²) in [5.41, 5.74) is 0. The summed E-state index contributed by atoms with van der Waals surface area (Å²) in [5, 5.41) is 44.2. The molecule has 0 saturated carbocycles. The van der Waals surface area contributed by atoms with Crippen LogP contribution in [-0.4, -0.2) is 41.5 Å².